The molecule has 0 bridgehead atoms. The zero-order valence-electron chi connectivity index (χ0n) is 11.1. The van der Waals surface area contributed by atoms with Crippen molar-refractivity contribution in [2.45, 2.75) is 6.42 Å². The Morgan fingerprint density at radius 3 is 2.95 bits per heavy atom. The highest BCUT2D eigenvalue weighted by molar-refractivity contribution is 7.09. The molecule has 100 valence electrons. The Kier molecular flexibility index (Phi) is 4.52. The summed E-state index contributed by atoms with van der Waals surface area (Å²) in [7, 11) is 3.92. The van der Waals surface area contributed by atoms with Gasteiger partial charge in [-0.25, -0.2) is 0 Å². The van der Waals surface area contributed by atoms with Crippen molar-refractivity contribution in [3.05, 3.63) is 46.4 Å². The normalized spacial score (nSPS) is 10.2. The maximum atomic E-state index is 12.0. The number of nitrogens with one attached hydrogen (secondary N) is 1. The zero-order valence-corrected chi connectivity index (χ0v) is 11.9. The molecule has 0 atom stereocenters. The van der Waals surface area contributed by atoms with Gasteiger partial charge in [-0.1, -0.05) is 6.07 Å². The van der Waals surface area contributed by atoms with Gasteiger partial charge in [-0.05, 0) is 18.2 Å². The lowest BCUT2D eigenvalue weighted by Crippen LogP contribution is -2.25. The van der Waals surface area contributed by atoms with Crippen LogP contribution < -0.4 is 10.2 Å². The molecule has 5 heteroatoms. The molecule has 1 N–H and O–H groups in total. The summed E-state index contributed by atoms with van der Waals surface area (Å²) in [6.07, 6.45) is 2.66. The van der Waals surface area contributed by atoms with E-state index in [1.165, 1.54) is 4.88 Å². The lowest BCUT2D eigenvalue weighted by molar-refractivity contribution is 0.0954. The number of anilines is 1. The van der Waals surface area contributed by atoms with Crippen LogP contribution in [0.2, 0.25) is 0 Å². The number of nitrogens with zero attached hydrogens (tertiary/aromatic N) is 2. The van der Waals surface area contributed by atoms with Gasteiger partial charge in [0.15, 0.2) is 0 Å². The number of amides is 1. The summed E-state index contributed by atoms with van der Waals surface area (Å²) in [5.74, 6) is -0.0341. The molecule has 0 fully saturated rings. The highest BCUT2D eigenvalue weighted by Gasteiger charge is 2.06. The Balaban J connectivity index is 1.90. The van der Waals surface area contributed by atoms with E-state index in [0.717, 1.165) is 12.1 Å². The predicted molar refractivity (Wildman–Crippen MR) is 78.9 cm³/mol. The standard InChI is InChI=1S/C14H17N3OS/c1-17(2)12-5-3-4-11(8-12)14(18)16-7-6-13-9-15-10-19-13/h3-5,8-10H,6-7H2,1-2H3,(H,16,18). The molecule has 1 heterocycles. The average Bonchev–Trinajstić information content (AvgIpc) is 2.92. The number of rotatable bonds is 5. The molecule has 0 aliphatic rings. The number of carbonyl (C=O) groups is 1. The second-order valence-corrected chi connectivity index (χ2v) is 5.39. The van der Waals surface area contributed by atoms with Crippen molar-refractivity contribution in [1.29, 1.82) is 0 Å². The van der Waals surface area contributed by atoms with Crippen molar-refractivity contribution in [3.8, 4) is 0 Å². The lowest BCUT2D eigenvalue weighted by Gasteiger charge is -2.13. The van der Waals surface area contributed by atoms with Crippen molar-refractivity contribution in [2.75, 3.05) is 25.5 Å². The van der Waals surface area contributed by atoms with E-state index in [1.807, 2.05) is 49.5 Å². The van der Waals surface area contributed by atoms with E-state index in [2.05, 4.69) is 10.3 Å². The first-order chi connectivity index (χ1) is 9.16. The minimum Gasteiger partial charge on any atom is -0.378 e. The fraction of sp³-hybridized carbons (Fsp3) is 0.286. The first-order valence-electron chi connectivity index (χ1n) is 6.10. The molecule has 1 amide bonds. The van der Waals surface area contributed by atoms with Crippen LogP contribution in [-0.2, 0) is 6.42 Å². The maximum Gasteiger partial charge on any atom is 0.251 e. The summed E-state index contributed by atoms with van der Waals surface area (Å²) in [5.41, 5.74) is 3.52. The summed E-state index contributed by atoms with van der Waals surface area (Å²) in [4.78, 5) is 19.2. The molecular formula is C14H17N3OS. The largest absolute Gasteiger partial charge is 0.378 e. The molecule has 0 saturated carbocycles. The van der Waals surface area contributed by atoms with Crippen LogP contribution in [0.4, 0.5) is 5.69 Å². The molecule has 1 aromatic heterocycles. The molecular weight excluding hydrogens is 258 g/mol. The maximum absolute atomic E-state index is 12.0. The number of benzene rings is 1. The summed E-state index contributed by atoms with van der Waals surface area (Å²) in [5, 5.41) is 2.92. The SMILES string of the molecule is CN(C)c1cccc(C(=O)NCCc2cncs2)c1. The van der Waals surface area contributed by atoms with Gasteiger partial charge < -0.3 is 10.2 Å². The Morgan fingerprint density at radius 1 is 1.42 bits per heavy atom. The number of carbonyl (C=O) groups excluding carboxylic acids is 1. The minimum atomic E-state index is -0.0341. The second-order valence-electron chi connectivity index (χ2n) is 4.42. The number of hydrogen-bond donors (Lipinski definition) is 1. The minimum absolute atomic E-state index is 0.0341. The molecule has 2 rings (SSSR count). The van der Waals surface area contributed by atoms with Crippen molar-refractivity contribution >= 4 is 22.9 Å². The molecule has 0 aliphatic heterocycles. The van der Waals surface area contributed by atoms with Gasteiger partial charge in [-0.2, -0.15) is 0 Å². The van der Waals surface area contributed by atoms with Crippen LogP contribution in [0.1, 0.15) is 15.2 Å². The fourth-order valence-corrected chi connectivity index (χ4v) is 2.29. The van der Waals surface area contributed by atoms with Gasteiger partial charge in [-0.3, -0.25) is 9.78 Å². The second kappa shape index (κ2) is 6.33. The number of aromatic nitrogens is 1. The van der Waals surface area contributed by atoms with Gasteiger partial charge >= 0.3 is 0 Å². The predicted octanol–water partition coefficient (Wildman–Crippen LogP) is 2.18. The number of thiazole rings is 1. The van der Waals surface area contributed by atoms with E-state index < -0.39 is 0 Å². The van der Waals surface area contributed by atoms with E-state index in [-0.39, 0.29) is 5.91 Å². The van der Waals surface area contributed by atoms with E-state index in [9.17, 15) is 4.79 Å². The topological polar surface area (TPSA) is 45.2 Å². The molecule has 0 unspecified atom stereocenters. The molecule has 0 aliphatic carbocycles. The molecule has 2 aromatic rings. The first-order valence-corrected chi connectivity index (χ1v) is 6.98. The Bertz CT molecular complexity index is 537. The first kappa shape index (κ1) is 13.5. The van der Waals surface area contributed by atoms with Crippen molar-refractivity contribution < 1.29 is 4.79 Å². The third-order valence-electron chi connectivity index (χ3n) is 2.77. The van der Waals surface area contributed by atoms with Gasteiger partial charge in [0.25, 0.3) is 5.91 Å². The molecule has 1 aromatic carbocycles. The van der Waals surface area contributed by atoms with Gasteiger partial charge in [0.2, 0.25) is 0 Å². The van der Waals surface area contributed by atoms with Crippen LogP contribution in [0.3, 0.4) is 0 Å². The van der Waals surface area contributed by atoms with Crippen LogP contribution in [0.25, 0.3) is 0 Å². The highest BCUT2D eigenvalue weighted by Crippen LogP contribution is 2.13. The van der Waals surface area contributed by atoms with Gasteiger partial charge in [0.1, 0.15) is 0 Å². The van der Waals surface area contributed by atoms with E-state index in [4.69, 9.17) is 0 Å². The van der Waals surface area contributed by atoms with E-state index in [0.29, 0.717) is 12.1 Å². The average molecular weight is 275 g/mol. The Morgan fingerprint density at radius 2 is 2.26 bits per heavy atom. The van der Waals surface area contributed by atoms with Crippen LogP contribution >= 0.6 is 11.3 Å². The van der Waals surface area contributed by atoms with Gasteiger partial charge in [0, 0.05) is 49.4 Å². The van der Waals surface area contributed by atoms with Gasteiger partial charge in [-0.15, -0.1) is 11.3 Å². The Hall–Kier alpha value is -1.88. The molecule has 0 saturated heterocycles. The third-order valence-corrected chi connectivity index (χ3v) is 3.60. The van der Waals surface area contributed by atoms with Crippen LogP contribution in [0.5, 0.6) is 0 Å². The van der Waals surface area contributed by atoms with E-state index >= 15 is 0 Å². The van der Waals surface area contributed by atoms with Crippen molar-refractivity contribution in [3.63, 3.8) is 0 Å². The summed E-state index contributed by atoms with van der Waals surface area (Å²) in [6, 6.07) is 7.60. The van der Waals surface area contributed by atoms with Crippen LogP contribution in [0, 0.1) is 0 Å². The molecule has 4 nitrogen and oxygen atoms in total. The number of hydrogen-bond acceptors (Lipinski definition) is 4. The molecule has 19 heavy (non-hydrogen) atoms. The summed E-state index contributed by atoms with van der Waals surface area (Å²) in [6.45, 7) is 0.632. The summed E-state index contributed by atoms with van der Waals surface area (Å²) >= 11 is 1.61. The third kappa shape index (κ3) is 3.79. The quantitative estimate of drug-likeness (QED) is 0.909. The smallest absolute Gasteiger partial charge is 0.251 e. The fourth-order valence-electron chi connectivity index (χ4n) is 1.69. The van der Waals surface area contributed by atoms with Crippen molar-refractivity contribution in [1.82, 2.24) is 10.3 Å². The van der Waals surface area contributed by atoms with Crippen LogP contribution in [-0.4, -0.2) is 31.5 Å². The molecule has 0 radical (unpaired) electrons. The van der Waals surface area contributed by atoms with Gasteiger partial charge in [0.05, 0.1) is 5.51 Å². The lowest BCUT2D eigenvalue weighted by atomic mass is 10.2. The summed E-state index contributed by atoms with van der Waals surface area (Å²) < 4.78 is 0. The Labute approximate surface area is 117 Å². The monoisotopic (exact) mass is 275 g/mol. The van der Waals surface area contributed by atoms with Crippen molar-refractivity contribution in [2.24, 2.45) is 0 Å². The van der Waals surface area contributed by atoms with Crippen LogP contribution in [0.15, 0.2) is 36.0 Å². The highest BCUT2D eigenvalue weighted by atomic mass is 32.1. The zero-order chi connectivity index (χ0) is 13.7. The molecule has 0 spiro atoms. The van der Waals surface area contributed by atoms with E-state index in [1.54, 1.807) is 16.8 Å².